The quantitative estimate of drug-likeness (QED) is 0.841. The normalized spacial score (nSPS) is 10.0. The van der Waals surface area contributed by atoms with Crippen LogP contribution in [-0.2, 0) is 0 Å². The van der Waals surface area contributed by atoms with Gasteiger partial charge in [0, 0.05) is 29.8 Å². The van der Waals surface area contributed by atoms with Crippen molar-refractivity contribution < 1.29 is 4.79 Å². The number of nitrogens with one attached hydrogen (secondary N) is 2. The second-order valence-electron chi connectivity index (χ2n) is 3.25. The zero-order chi connectivity index (χ0) is 12.3. The molecule has 0 fully saturated rings. The summed E-state index contributed by atoms with van der Waals surface area (Å²) in [5, 5.41) is 12.9. The third-order valence-corrected chi connectivity index (χ3v) is 2.50. The summed E-state index contributed by atoms with van der Waals surface area (Å²) >= 11 is 1.02. The van der Waals surface area contributed by atoms with Crippen LogP contribution in [0.4, 0.5) is 10.9 Å². The van der Waals surface area contributed by atoms with Gasteiger partial charge in [0.2, 0.25) is 5.13 Å². The standard InChI is InChI=1S/C9H10N6OS/c1-5-3-6(4-7(10-2)11-5)8(16)12-9-13-14-15-17-9/h3-4H,1-2H3,(H,10,11)(H,12,13,15,16). The first kappa shape index (κ1) is 11.4. The molecule has 0 aliphatic carbocycles. The van der Waals surface area contributed by atoms with Gasteiger partial charge < -0.3 is 5.32 Å². The maximum Gasteiger partial charge on any atom is 0.257 e. The number of carbonyl (C=O) groups excluding carboxylic acids is 1. The first-order valence-electron chi connectivity index (χ1n) is 4.82. The molecule has 2 heterocycles. The summed E-state index contributed by atoms with van der Waals surface area (Å²) in [6.45, 7) is 1.82. The average Bonchev–Trinajstić information content (AvgIpc) is 2.81. The summed E-state index contributed by atoms with van der Waals surface area (Å²) < 4.78 is 3.56. The van der Waals surface area contributed by atoms with Crippen LogP contribution in [-0.4, -0.2) is 32.7 Å². The number of anilines is 2. The molecule has 1 amide bonds. The van der Waals surface area contributed by atoms with Gasteiger partial charge >= 0.3 is 0 Å². The highest BCUT2D eigenvalue weighted by Gasteiger charge is 2.10. The summed E-state index contributed by atoms with van der Waals surface area (Å²) in [6, 6.07) is 3.36. The highest BCUT2D eigenvalue weighted by molar-refractivity contribution is 7.09. The van der Waals surface area contributed by atoms with Gasteiger partial charge in [-0.25, -0.2) is 4.98 Å². The van der Waals surface area contributed by atoms with E-state index in [2.05, 4.69) is 30.4 Å². The van der Waals surface area contributed by atoms with Gasteiger partial charge in [-0.2, -0.15) is 0 Å². The van der Waals surface area contributed by atoms with E-state index in [0.29, 0.717) is 16.5 Å². The van der Waals surface area contributed by atoms with E-state index < -0.39 is 0 Å². The molecule has 8 heteroatoms. The minimum absolute atomic E-state index is 0.259. The molecule has 0 spiro atoms. The predicted octanol–water partition coefficient (Wildman–Crippen LogP) is 0.931. The van der Waals surface area contributed by atoms with Crippen molar-refractivity contribution in [3.05, 3.63) is 23.4 Å². The fourth-order valence-electron chi connectivity index (χ4n) is 1.28. The fraction of sp³-hybridized carbons (Fsp3) is 0.222. The maximum atomic E-state index is 11.9. The number of hydrogen-bond donors (Lipinski definition) is 2. The first-order valence-corrected chi connectivity index (χ1v) is 5.59. The van der Waals surface area contributed by atoms with E-state index in [0.717, 1.165) is 17.2 Å². The largest absolute Gasteiger partial charge is 0.373 e. The molecule has 0 aliphatic rings. The molecule has 17 heavy (non-hydrogen) atoms. The molecule has 2 N–H and O–H groups in total. The van der Waals surface area contributed by atoms with Crippen LogP contribution < -0.4 is 10.6 Å². The molecular formula is C9H10N6OS. The van der Waals surface area contributed by atoms with Crippen molar-refractivity contribution in [1.82, 2.24) is 19.8 Å². The van der Waals surface area contributed by atoms with Crippen molar-refractivity contribution in [2.45, 2.75) is 6.92 Å². The molecule has 0 unspecified atom stereocenters. The van der Waals surface area contributed by atoms with Gasteiger partial charge in [0.1, 0.15) is 5.82 Å². The Morgan fingerprint density at radius 3 is 2.88 bits per heavy atom. The molecule has 0 aliphatic heterocycles. The van der Waals surface area contributed by atoms with Crippen molar-refractivity contribution in [1.29, 1.82) is 0 Å². The van der Waals surface area contributed by atoms with Crippen LogP contribution in [0.3, 0.4) is 0 Å². The van der Waals surface area contributed by atoms with Crippen molar-refractivity contribution in [3.8, 4) is 0 Å². The lowest BCUT2D eigenvalue weighted by atomic mass is 10.2. The van der Waals surface area contributed by atoms with E-state index in [1.165, 1.54) is 0 Å². The number of amides is 1. The molecule has 0 saturated carbocycles. The van der Waals surface area contributed by atoms with Crippen LogP contribution in [0.15, 0.2) is 12.1 Å². The van der Waals surface area contributed by atoms with Gasteiger partial charge in [-0.15, -0.1) is 0 Å². The summed E-state index contributed by atoms with van der Waals surface area (Å²) in [5.74, 6) is 0.385. The van der Waals surface area contributed by atoms with Gasteiger partial charge in [-0.05, 0) is 24.3 Å². The van der Waals surface area contributed by atoms with E-state index in [-0.39, 0.29) is 5.91 Å². The van der Waals surface area contributed by atoms with E-state index >= 15 is 0 Å². The molecule has 2 rings (SSSR count). The number of aryl methyl sites for hydroxylation is 1. The number of pyridine rings is 1. The third kappa shape index (κ3) is 2.72. The maximum absolute atomic E-state index is 11.9. The Labute approximate surface area is 101 Å². The monoisotopic (exact) mass is 250 g/mol. The van der Waals surface area contributed by atoms with Gasteiger partial charge in [0.15, 0.2) is 0 Å². The highest BCUT2D eigenvalue weighted by Crippen LogP contribution is 2.12. The Bertz CT molecular complexity index is 526. The first-order chi connectivity index (χ1) is 8.19. The predicted molar refractivity (Wildman–Crippen MR) is 64.2 cm³/mol. The van der Waals surface area contributed by atoms with Crippen LogP contribution >= 0.6 is 11.5 Å². The Kier molecular flexibility index (Phi) is 3.24. The van der Waals surface area contributed by atoms with Crippen LogP contribution in [0.2, 0.25) is 0 Å². The lowest BCUT2D eigenvalue weighted by Crippen LogP contribution is -2.13. The number of rotatable bonds is 3. The summed E-state index contributed by atoms with van der Waals surface area (Å²) in [7, 11) is 1.75. The fourth-order valence-corrected chi connectivity index (χ4v) is 1.64. The summed E-state index contributed by atoms with van der Waals surface area (Å²) in [4.78, 5) is 16.1. The average molecular weight is 250 g/mol. The molecule has 7 nitrogen and oxygen atoms in total. The van der Waals surface area contributed by atoms with Crippen LogP contribution in [0.1, 0.15) is 16.1 Å². The second-order valence-corrected chi connectivity index (χ2v) is 3.99. The molecule has 0 bridgehead atoms. The summed E-state index contributed by atoms with van der Waals surface area (Å²) in [5.41, 5.74) is 1.27. The van der Waals surface area contributed by atoms with Crippen LogP contribution in [0, 0.1) is 6.92 Å². The van der Waals surface area contributed by atoms with Crippen molar-refractivity contribution >= 4 is 28.4 Å². The number of carbonyl (C=O) groups is 1. The van der Waals surface area contributed by atoms with E-state index in [4.69, 9.17) is 0 Å². The summed E-state index contributed by atoms with van der Waals surface area (Å²) in [6.07, 6.45) is 0. The molecule has 0 radical (unpaired) electrons. The van der Waals surface area contributed by atoms with Crippen molar-refractivity contribution in [2.24, 2.45) is 0 Å². The minimum atomic E-state index is -0.259. The molecule has 88 valence electrons. The topological polar surface area (TPSA) is 92.7 Å². The second kappa shape index (κ2) is 4.83. The zero-order valence-corrected chi connectivity index (χ0v) is 10.1. The smallest absolute Gasteiger partial charge is 0.257 e. The van der Waals surface area contributed by atoms with E-state index in [1.54, 1.807) is 19.2 Å². The molecular weight excluding hydrogens is 240 g/mol. The Morgan fingerprint density at radius 1 is 1.41 bits per heavy atom. The highest BCUT2D eigenvalue weighted by atomic mass is 32.1. The molecule has 0 aromatic carbocycles. The van der Waals surface area contributed by atoms with Crippen molar-refractivity contribution in [2.75, 3.05) is 17.7 Å². The molecule has 0 atom stereocenters. The van der Waals surface area contributed by atoms with Gasteiger partial charge in [0.05, 0.1) is 0 Å². The van der Waals surface area contributed by atoms with E-state index in [1.807, 2.05) is 6.92 Å². The minimum Gasteiger partial charge on any atom is -0.373 e. The van der Waals surface area contributed by atoms with Gasteiger partial charge in [-0.3, -0.25) is 10.1 Å². The van der Waals surface area contributed by atoms with Crippen LogP contribution in [0.25, 0.3) is 0 Å². The zero-order valence-electron chi connectivity index (χ0n) is 9.26. The third-order valence-electron chi connectivity index (χ3n) is 1.99. The Morgan fingerprint density at radius 2 is 2.24 bits per heavy atom. The number of hydrogen-bond acceptors (Lipinski definition) is 7. The number of aromatic nitrogens is 4. The van der Waals surface area contributed by atoms with Gasteiger partial charge in [0.25, 0.3) is 5.91 Å². The SMILES string of the molecule is CNc1cc(C(=O)Nc2nnns2)cc(C)n1. The van der Waals surface area contributed by atoms with Crippen LogP contribution in [0.5, 0.6) is 0 Å². The van der Waals surface area contributed by atoms with E-state index in [9.17, 15) is 4.79 Å². The van der Waals surface area contributed by atoms with Gasteiger partial charge in [-0.1, -0.05) is 9.59 Å². The lowest BCUT2D eigenvalue weighted by Gasteiger charge is -2.05. The number of nitrogens with zero attached hydrogens (tertiary/aromatic N) is 4. The Hall–Kier alpha value is -2.09. The van der Waals surface area contributed by atoms with Crippen molar-refractivity contribution in [3.63, 3.8) is 0 Å². The molecule has 2 aromatic heterocycles. The molecule has 2 aromatic rings. The molecule has 0 saturated heterocycles. The Balaban J connectivity index is 2.21. The lowest BCUT2D eigenvalue weighted by molar-refractivity contribution is 0.102.